The first-order valence-electron chi connectivity index (χ1n) is 8.68. The highest BCUT2D eigenvalue weighted by Crippen LogP contribution is 2.23. The molecule has 28 heavy (non-hydrogen) atoms. The van der Waals surface area contributed by atoms with Gasteiger partial charge in [0.15, 0.2) is 0 Å². The third kappa shape index (κ3) is 4.06. The number of aromatic nitrogens is 1. The van der Waals surface area contributed by atoms with Crippen molar-refractivity contribution < 1.29 is 22.3 Å². The van der Waals surface area contributed by atoms with Gasteiger partial charge in [0, 0.05) is 13.1 Å². The lowest BCUT2D eigenvalue weighted by atomic mass is 10.2. The molecule has 1 aromatic heterocycles. The van der Waals surface area contributed by atoms with Crippen LogP contribution in [0.1, 0.15) is 29.2 Å². The van der Waals surface area contributed by atoms with Gasteiger partial charge in [0.2, 0.25) is 10.0 Å². The fourth-order valence-corrected chi connectivity index (χ4v) is 5.09. The van der Waals surface area contributed by atoms with Gasteiger partial charge in [-0.15, -0.1) is 11.3 Å². The predicted octanol–water partition coefficient (Wildman–Crippen LogP) is 3.82. The molecule has 0 fully saturated rings. The molecule has 0 aliphatic carbocycles. The van der Waals surface area contributed by atoms with Crippen LogP contribution in [0.15, 0.2) is 47.4 Å². The summed E-state index contributed by atoms with van der Waals surface area (Å²) >= 11 is 1.37. The lowest BCUT2D eigenvalue weighted by Gasteiger charge is -2.18. The number of halogens is 1. The molecular formula is C19H19FN2O4S2. The number of nitrogens with zero attached hydrogens (tertiary/aromatic N) is 2. The van der Waals surface area contributed by atoms with E-state index in [0.29, 0.717) is 5.01 Å². The van der Waals surface area contributed by atoms with Crippen LogP contribution in [0, 0.1) is 5.82 Å². The second-order valence-corrected chi connectivity index (χ2v) is 8.94. The highest BCUT2D eigenvalue weighted by Gasteiger charge is 2.25. The van der Waals surface area contributed by atoms with E-state index in [1.54, 1.807) is 13.8 Å². The number of carbonyl (C=O) groups is 1. The third-order valence-electron chi connectivity index (χ3n) is 4.17. The monoisotopic (exact) mass is 422 g/mol. The average molecular weight is 423 g/mol. The summed E-state index contributed by atoms with van der Waals surface area (Å²) in [6.07, 6.45) is 0. The van der Waals surface area contributed by atoms with E-state index >= 15 is 0 Å². The summed E-state index contributed by atoms with van der Waals surface area (Å²) in [6.45, 7) is 3.83. The van der Waals surface area contributed by atoms with Crippen LogP contribution >= 0.6 is 11.3 Å². The Kier molecular flexibility index (Phi) is 6.07. The van der Waals surface area contributed by atoms with Gasteiger partial charge < -0.3 is 4.74 Å². The van der Waals surface area contributed by atoms with Crippen molar-refractivity contribution in [2.24, 2.45) is 0 Å². The molecule has 0 unspecified atom stereocenters. The summed E-state index contributed by atoms with van der Waals surface area (Å²) in [5, 5.41) is 0.571. The Morgan fingerprint density at radius 2 is 1.89 bits per heavy atom. The molecule has 3 rings (SSSR count). The number of esters is 1. The van der Waals surface area contributed by atoms with E-state index in [9.17, 15) is 17.6 Å². The number of hydrogen-bond acceptors (Lipinski definition) is 6. The first-order valence-corrected chi connectivity index (χ1v) is 10.9. The molecule has 0 N–H and O–H groups in total. The van der Waals surface area contributed by atoms with Crippen molar-refractivity contribution in [3.8, 4) is 0 Å². The zero-order valence-electron chi connectivity index (χ0n) is 15.4. The Labute approximate surface area is 166 Å². The molecule has 6 nitrogen and oxygen atoms in total. The molecule has 0 bridgehead atoms. The molecule has 0 aliphatic rings. The molecule has 0 spiro atoms. The number of carbonyl (C=O) groups excluding carboxylic acids is 1. The normalized spacial score (nSPS) is 11.9. The van der Waals surface area contributed by atoms with Crippen LogP contribution in [-0.2, 0) is 21.4 Å². The van der Waals surface area contributed by atoms with Crippen molar-refractivity contribution in [2.75, 3.05) is 13.1 Å². The van der Waals surface area contributed by atoms with Crippen LogP contribution in [-0.4, -0.2) is 36.8 Å². The summed E-state index contributed by atoms with van der Waals surface area (Å²) in [7, 11) is -3.81. The van der Waals surface area contributed by atoms with E-state index in [1.807, 2.05) is 24.3 Å². The molecular weight excluding hydrogens is 403 g/mol. The average Bonchev–Trinajstić information content (AvgIpc) is 3.10. The molecule has 0 atom stereocenters. The number of ether oxygens (including phenoxy) is 1. The van der Waals surface area contributed by atoms with Crippen molar-refractivity contribution in [1.29, 1.82) is 0 Å². The van der Waals surface area contributed by atoms with Gasteiger partial charge in [-0.25, -0.2) is 22.6 Å². The predicted molar refractivity (Wildman–Crippen MR) is 105 cm³/mol. The number of fused-ring (bicyclic) bond motifs is 1. The van der Waals surface area contributed by atoms with E-state index in [2.05, 4.69) is 4.98 Å². The molecule has 148 valence electrons. The number of para-hydroxylation sites is 1. The first kappa shape index (κ1) is 20.4. The number of thiazole rings is 1. The fraction of sp³-hybridized carbons (Fsp3) is 0.263. The van der Waals surface area contributed by atoms with Crippen LogP contribution < -0.4 is 0 Å². The summed E-state index contributed by atoms with van der Waals surface area (Å²) < 4.78 is 46.7. The second-order valence-electron chi connectivity index (χ2n) is 5.88. The summed E-state index contributed by atoms with van der Waals surface area (Å²) in [4.78, 5) is 16.5. The smallest absolute Gasteiger partial charge is 0.341 e. The standard InChI is InChI=1S/C19H19FN2O4S2/c1-3-22(4-2)28(24,25)13-9-10-15(20)14(11-13)19(23)26-12-18-21-16-7-5-6-8-17(16)27-18/h5-11H,3-4,12H2,1-2H3. The molecule has 3 aromatic rings. The van der Waals surface area contributed by atoms with Crippen LogP contribution in [0.2, 0.25) is 0 Å². The molecule has 1 heterocycles. The van der Waals surface area contributed by atoms with Crippen molar-refractivity contribution in [2.45, 2.75) is 25.3 Å². The van der Waals surface area contributed by atoms with Crippen molar-refractivity contribution >= 4 is 37.5 Å². The van der Waals surface area contributed by atoms with Crippen LogP contribution in [0.4, 0.5) is 4.39 Å². The van der Waals surface area contributed by atoms with E-state index in [-0.39, 0.29) is 24.6 Å². The van der Waals surface area contributed by atoms with Crippen molar-refractivity contribution in [1.82, 2.24) is 9.29 Å². The minimum absolute atomic E-state index is 0.120. The Balaban J connectivity index is 1.81. The molecule has 0 saturated carbocycles. The first-order chi connectivity index (χ1) is 13.4. The summed E-state index contributed by atoms with van der Waals surface area (Å²) in [5.41, 5.74) is 0.367. The fourth-order valence-electron chi connectivity index (χ4n) is 2.72. The topological polar surface area (TPSA) is 76.6 Å². The Hall–Kier alpha value is -2.36. The zero-order valence-corrected chi connectivity index (χ0v) is 17.0. The number of sulfonamides is 1. The largest absolute Gasteiger partial charge is 0.455 e. The van der Waals surface area contributed by atoms with E-state index in [4.69, 9.17) is 4.74 Å². The molecule has 0 aliphatic heterocycles. The SMILES string of the molecule is CCN(CC)S(=O)(=O)c1ccc(F)c(C(=O)OCc2nc3ccccc3s2)c1. The second kappa shape index (κ2) is 8.34. The quantitative estimate of drug-likeness (QED) is 0.541. The Bertz CT molecular complexity index is 1080. The van der Waals surface area contributed by atoms with Crippen molar-refractivity contribution in [3.63, 3.8) is 0 Å². The maximum Gasteiger partial charge on any atom is 0.341 e. The van der Waals surface area contributed by atoms with Crippen LogP contribution in [0.3, 0.4) is 0 Å². The highest BCUT2D eigenvalue weighted by atomic mass is 32.2. The van der Waals surface area contributed by atoms with Crippen molar-refractivity contribution in [3.05, 3.63) is 58.9 Å². The Morgan fingerprint density at radius 1 is 1.18 bits per heavy atom. The van der Waals surface area contributed by atoms with Gasteiger partial charge >= 0.3 is 5.97 Å². The molecule has 2 aromatic carbocycles. The van der Waals surface area contributed by atoms with Gasteiger partial charge in [-0.2, -0.15) is 4.31 Å². The van der Waals surface area contributed by atoms with Gasteiger partial charge in [-0.1, -0.05) is 26.0 Å². The van der Waals surface area contributed by atoms with Crippen LogP contribution in [0.5, 0.6) is 0 Å². The molecule has 0 amide bonds. The van der Waals surface area contributed by atoms with E-state index in [1.165, 1.54) is 15.6 Å². The maximum atomic E-state index is 14.1. The van der Waals surface area contributed by atoms with Gasteiger partial charge in [-0.3, -0.25) is 0 Å². The zero-order chi connectivity index (χ0) is 20.3. The van der Waals surface area contributed by atoms with Gasteiger partial charge in [0.25, 0.3) is 0 Å². The van der Waals surface area contributed by atoms with Gasteiger partial charge in [-0.05, 0) is 30.3 Å². The highest BCUT2D eigenvalue weighted by molar-refractivity contribution is 7.89. The van der Waals surface area contributed by atoms with Gasteiger partial charge in [0.1, 0.15) is 17.4 Å². The molecule has 9 heteroatoms. The lowest BCUT2D eigenvalue weighted by molar-refractivity contribution is 0.0467. The lowest BCUT2D eigenvalue weighted by Crippen LogP contribution is -2.30. The summed E-state index contributed by atoms with van der Waals surface area (Å²) in [6, 6.07) is 10.6. The Morgan fingerprint density at radius 3 is 2.57 bits per heavy atom. The van der Waals surface area contributed by atoms with Crippen LogP contribution in [0.25, 0.3) is 10.2 Å². The number of benzene rings is 2. The van der Waals surface area contributed by atoms with Gasteiger partial charge in [0.05, 0.1) is 20.7 Å². The van der Waals surface area contributed by atoms with E-state index in [0.717, 1.165) is 28.4 Å². The minimum Gasteiger partial charge on any atom is -0.455 e. The third-order valence-corrected chi connectivity index (χ3v) is 7.22. The number of rotatable bonds is 7. The number of hydrogen-bond donors (Lipinski definition) is 0. The summed E-state index contributed by atoms with van der Waals surface area (Å²) in [5.74, 6) is -1.78. The molecule has 0 saturated heterocycles. The van der Waals surface area contributed by atoms with E-state index < -0.39 is 27.4 Å². The maximum absolute atomic E-state index is 14.1. The minimum atomic E-state index is -3.81. The molecule has 0 radical (unpaired) electrons.